The van der Waals surface area contributed by atoms with Crippen LogP contribution < -0.4 is 11.1 Å². The summed E-state index contributed by atoms with van der Waals surface area (Å²) in [7, 11) is 0. The van der Waals surface area contributed by atoms with Crippen molar-refractivity contribution in [2.45, 2.75) is 44.7 Å². The summed E-state index contributed by atoms with van der Waals surface area (Å²) in [5.41, 5.74) is 5.96. The predicted octanol–water partition coefficient (Wildman–Crippen LogP) is -0.149. The zero-order chi connectivity index (χ0) is 12.4. The van der Waals surface area contributed by atoms with Gasteiger partial charge in [0.1, 0.15) is 6.04 Å². The van der Waals surface area contributed by atoms with E-state index < -0.39 is 0 Å². The molecule has 1 saturated heterocycles. The molecule has 3 unspecified atom stereocenters. The summed E-state index contributed by atoms with van der Waals surface area (Å²) < 4.78 is 0. The molecule has 2 fully saturated rings. The number of nitrogens with zero attached hydrogens (tertiary/aromatic N) is 1. The summed E-state index contributed by atoms with van der Waals surface area (Å²) in [5, 5.41) is 2.81. The van der Waals surface area contributed by atoms with E-state index in [1.165, 1.54) is 0 Å². The molecule has 3 N–H and O–H groups in total. The lowest BCUT2D eigenvalue weighted by Gasteiger charge is -2.36. The smallest absolute Gasteiger partial charge is 0.242 e. The first-order chi connectivity index (χ1) is 8.15. The second-order valence-electron chi connectivity index (χ2n) is 4.95. The highest BCUT2D eigenvalue weighted by molar-refractivity contribution is 5.90. The second-order valence-corrected chi connectivity index (χ2v) is 4.95. The van der Waals surface area contributed by atoms with Gasteiger partial charge in [0.05, 0.1) is 5.92 Å². The maximum atomic E-state index is 12.4. The van der Waals surface area contributed by atoms with Crippen LogP contribution in [0.3, 0.4) is 0 Å². The normalized spacial score (nSPS) is 33.6. The third kappa shape index (κ3) is 2.29. The third-order valence-electron chi connectivity index (χ3n) is 3.89. The molecule has 0 bridgehead atoms. The van der Waals surface area contributed by atoms with Gasteiger partial charge in [0.25, 0.3) is 0 Å². The SMILES string of the molecule is CCC1C(=O)NCCN1C(=O)C1CCCC1N. The van der Waals surface area contributed by atoms with Crippen molar-refractivity contribution in [3.05, 3.63) is 0 Å². The van der Waals surface area contributed by atoms with Crippen LogP contribution in [0.25, 0.3) is 0 Å². The molecule has 1 aliphatic carbocycles. The zero-order valence-corrected chi connectivity index (χ0v) is 10.3. The van der Waals surface area contributed by atoms with Gasteiger partial charge in [-0.15, -0.1) is 0 Å². The fourth-order valence-electron chi connectivity index (χ4n) is 2.89. The third-order valence-corrected chi connectivity index (χ3v) is 3.89. The Morgan fingerprint density at radius 3 is 2.88 bits per heavy atom. The zero-order valence-electron chi connectivity index (χ0n) is 10.3. The molecule has 96 valence electrons. The molecule has 0 aromatic carbocycles. The van der Waals surface area contributed by atoms with Crippen molar-refractivity contribution in [1.82, 2.24) is 10.2 Å². The Morgan fingerprint density at radius 2 is 2.29 bits per heavy atom. The van der Waals surface area contributed by atoms with Gasteiger partial charge in [-0.3, -0.25) is 9.59 Å². The number of carbonyl (C=O) groups excluding carboxylic acids is 2. The van der Waals surface area contributed by atoms with Crippen LogP contribution in [-0.2, 0) is 9.59 Å². The summed E-state index contributed by atoms with van der Waals surface area (Å²) in [4.78, 5) is 25.8. The lowest BCUT2D eigenvalue weighted by molar-refractivity contribution is -0.146. The van der Waals surface area contributed by atoms with Crippen LogP contribution in [0, 0.1) is 5.92 Å². The minimum atomic E-state index is -0.302. The molecule has 5 heteroatoms. The summed E-state index contributed by atoms with van der Waals surface area (Å²) in [6, 6.07) is -0.325. The molecule has 1 aliphatic heterocycles. The molecule has 0 aromatic heterocycles. The quantitative estimate of drug-likeness (QED) is 0.703. The second kappa shape index (κ2) is 5.04. The van der Waals surface area contributed by atoms with Crippen LogP contribution in [0.15, 0.2) is 0 Å². The molecule has 2 aliphatic rings. The van der Waals surface area contributed by atoms with Crippen LogP contribution in [0.5, 0.6) is 0 Å². The Morgan fingerprint density at radius 1 is 1.53 bits per heavy atom. The maximum absolute atomic E-state index is 12.4. The Labute approximate surface area is 102 Å². The predicted molar refractivity (Wildman–Crippen MR) is 64.1 cm³/mol. The minimum absolute atomic E-state index is 0.0232. The molecule has 1 saturated carbocycles. The molecule has 17 heavy (non-hydrogen) atoms. The first-order valence-corrected chi connectivity index (χ1v) is 6.49. The van der Waals surface area contributed by atoms with Gasteiger partial charge in [0.15, 0.2) is 0 Å². The maximum Gasteiger partial charge on any atom is 0.242 e. The van der Waals surface area contributed by atoms with Gasteiger partial charge in [0.2, 0.25) is 11.8 Å². The number of rotatable bonds is 2. The van der Waals surface area contributed by atoms with E-state index in [2.05, 4.69) is 5.32 Å². The standard InChI is InChI=1S/C12H21N3O2/c1-2-10-11(16)14-6-7-15(10)12(17)8-4-3-5-9(8)13/h8-10H,2-7,13H2,1H3,(H,14,16). The van der Waals surface area contributed by atoms with Crippen molar-refractivity contribution < 1.29 is 9.59 Å². The van der Waals surface area contributed by atoms with E-state index in [1.807, 2.05) is 6.92 Å². The number of hydrogen-bond acceptors (Lipinski definition) is 3. The summed E-state index contributed by atoms with van der Waals surface area (Å²) in [6.45, 7) is 3.11. The highest BCUT2D eigenvalue weighted by atomic mass is 16.2. The minimum Gasteiger partial charge on any atom is -0.353 e. The van der Waals surface area contributed by atoms with Crippen molar-refractivity contribution in [2.24, 2.45) is 11.7 Å². The Balaban J connectivity index is 2.09. The lowest BCUT2D eigenvalue weighted by atomic mass is 9.99. The number of carbonyl (C=O) groups is 2. The fourth-order valence-corrected chi connectivity index (χ4v) is 2.89. The first-order valence-electron chi connectivity index (χ1n) is 6.49. The van der Waals surface area contributed by atoms with E-state index >= 15 is 0 Å². The van der Waals surface area contributed by atoms with Crippen LogP contribution in [0.2, 0.25) is 0 Å². The Hall–Kier alpha value is -1.10. The van der Waals surface area contributed by atoms with Crippen LogP contribution >= 0.6 is 0 Å². The van der Waals surface area contributed by atoms with Gasteiger partial charge in [-0.25, -0.2) is 0 Å². The number of hydrogen-bond donors (Lipinski definition) is 2. The van der Waals surface area contributed by atoms with Gasteiger partial charge in [0, 0.05) is 19.1 Å². The average Bonchev–Trinajstić information content (AvgIpc) is 2.74. The first kappa shape index (κ1) is 12.4. The van der Waals surface area contributed by atoms with Crippen molar-refractivity contribution in [1.29, 1.82) is 0 Å². The Bertz CT molecular complexity index is 319. The van der Waals surface area contributed by atoms with Gasteiger partial charge in [-0.2, -0.15) is 0 Å². The number of nitrogens with two attached hydrogens (primary N) is 1. The van der Waals surface area contributed by atoms with E-state index in [1.54, 1.807) is 4.90 Å². The number of nitrogens with one attached hydrogen (secondary N) is 1. The van der Waals surface area contributed by atoms with Crippen molar-refractivity contribution in [3.63, 3.8) is 0 Å². The van der Waals surface area contributed by atoms with Crippen molar-refractivity contribution >= 4 is 11.8 Å². The van der Waals surface area contributed by atoms with E-state index in [-0.39, 0.29) is 29.8 Å². The van der Waals surface area contributed by atoms with E-state index in [4.69, 9.17) is 5.73 Å². The molecular formula is C12H21N3O2. The van der Waals surface area contributed by atoms with E-state index in [0.717, 1.165) is 19.3 Å². The van der Waals surface area contributed by atoms with Gasteiger partial charge >= 0.3 is 0 Å². The molecular weight excluding hydrogens is 218 g/mol. The molecule has 0 radical (unpaired) electrons. The summed E-state index contributed by atoms with van der Waals surface area (Å²) in [6.07, 6.45) is 3.48. The molecule has 5 nitrogen and oxygen atoms in total. The van der Waals surface area contributed by atoms with E-state index in [0.29, 0.717) is 19.5 Å². The fraction of sp³-hybridized carbons (Fsp3) is 0.833. The van der Waals surface area contributed by atoms with Crippen LogP contribution in [-0.4, -0.2) is 41.9 Å². The highest BCUT2D eigenvalue weighted by Gasteiger charge is 2.38. The largest absolute Gasteiger partial charge is 0.353 e. The van der Waals surface area contributed by atoms with Crippen LogP contribution in [0.1, 0.15) is 32.6 Å². The number of piperazine rings is 1. The van der Waals surface area contributed by atoms with Crippen LogP contribution in [0.4, 0.5) is 0 Å². The molecule has 2 amide bonds. The topological polar surface area (TPSA) is 75.4 Å². The highest BCUT2D eigenvalue weighted by Crippen LogP contribution is 2.27. The van der Waals surface area contributed by atoms with E-state index in [9.17, 15) is 9.59 Å². The monoisotopic (exact) mass is 239 g/mol. The molecule has 0 spiro atoms. The molecule has 3 atom stereocenters. The van der Waals surface area contributed by atoms with Gasteiger partial charge in [-0.05, 0) is 19.3 Å². The van der Waals surface area contributed by atoms with Crippen molar-refractivity contribution in [2.75, 3.05) is 13.1 Å². The van der Waals surface area contributed by atoms with Crippen molar-refractivity contribution in [3.8, 4) is 0 Å². The lowest BCUT2D eigenvalue weighted by Crippen LogP contribution is -2.59. The molecule has 0 aromatic rings. The molecule has 2 rings (SSSR count). The summed E-state index contributed by atoms with van der Waals surface area (Å²) in [5.74, 6) is -0.0229. The average molecular weight is 239 g/mol. The molecule has 1 heterocycles. The number of amides is 2. The summed E-state index contributed by atoms with van der Waals surface area (Å²) >= 11 is 0. The Kier molecular flexibility index (Phi) is 3.66. The van der Waals surface area contributed by atoms with Gasteiger partial charge in [-0.1, -0.05) is 13.3 Å². The van der Waals surface area contributed by atoms with Gasteiger partial charge < -0.3 is 16.0 Å².